The second-order valence-corrected chi connectivity index (χ2v) is 9.13. The van der Waals surface area contributed by atoms with Gasteiger partial charge in [0.05, 0.1) is 16.8 Å². The Balaban J connectivity index is 1.42. The maximum Gasteiger partial charge on any atom is 0.416 e. The number of nitrogens with zero attached hydrogens (tertiary/aromatic N) is 4. The molecule has 1 saturated heterocycles. The van der Waals surface area contributed by atoms with Crippen molar-refractivity contribution in [3.63, 3.8) is 0 Å². The monoisotopic (exact) mass is 504 g/mol. The molecular weight excluding hydrogens is 479 g/mol. The highest BCUT2D eigenvalue weighted by atomic mass is 19.4. The van der Waals surface area contributed by atoms with Crippen molar-refractivity contribution in [2.75, 3.05) is 24.5 Å². The Morgan fingerprint density at radius 1 is 0.889 bits per heavy atom. The van der Waals surface area contributed by atoms with E-state index in [0.29, 0.717) is 37.6 Å². The number of hydrogen-bond acceptors (Lipinski definition) is 5. The van der Waals surface area contributed by atoms with E-state index in [4.69, 9.17) is 9.72 Å². The lowest BCUT2D eigenvalue weighted by molar-refractivity contribution is -0.137. The fourth-order valence-corrected chi connectivity index (χ4v) is 4.60. The molecule has 1 aromatic heterocycles. The molecule has 0 saturated carbocycles. The van der Waals surface area contributed by atoms with Gasteiger partial charge in [-0.3, -0.25) is 4.90 Å². The fraction of sp³-hybridized carbons (Fsp3) is 0.385. The van der Waals surface area contributed by atoms with Gasteiger partial charge in [-0.05, 0) is 49.1 Å². The van der Waals surface area contributed by atoms with E-state index in [9.17, 15) is 22.0 Å². The van der Waals surface area contributed by atoms with Gasteiger partial charge in [-0.1, -0.05) is 12.1 Å². The van der Waals surface area contributed by atoms with Crippen LogP contribution in [0.4, 0.5) is 27.9 Å². The third-order valence-electron chi connectivity index (χ3n) is 6.52. The topological polar surface area (TPSA) is 41.5 Å². The van der Waals surface area contributed by atoms with Gasteiger partial charge in [-0.15, -0.1) is 0 Å². The van der Waals surface area contributed by atoms with E-state index in [0.717, 1.165) is 67.9 Å². The molecule has 2 aliphatic heterocycles. The molecule has 0 aliphatic carbocycles. The minimum absolute atomic E-state index is 0.137. The smallest absolute Gasteiger partial charge is 0.416 e. The Morgan fingerprint density at radius 2 is 1.64 bits per heavy atom. The SMILES string of the molecule is Fc1ccc(Oc2nc(N3CCCCC3)nc3c2CN(Cc2ccc(C(F)(F)F)cc2)CC3)c(F)c1. The number of piperidine rings is 1. The lowest BCUT2D eigenvalue weighted by Crippen LogP contribution is -2.34. The van der Waals surface area contributed by atoms with Crippen LogP contribution >= 0.6 is 0 Å². The molecule has 0 N–H and O–H groups in total. The first-order valence-corrected chi connectivity index (χ1v) is 11.9. The molecular formula is C26H25F5N4O. The van der Waals surface area contributed by atoms with Crippen LogP contribution in [-0.2, 0) is 25.7 Å². The van der Waals surface area contributed by atoms with Crippen molar-refractivity contribution < 1.29 is 26.7 Å². The van der Waals surface area contributed by atoms with E-state index < -0.39 is 23.4 Å². The molecule has 3 heterocycles. The van der Waals surface area contributed by atoms with Crippen LogP contribution in [0.2, 0.25) is 0 Å². The average molecular weight is 505 g/mol. The third kappa shape index (κ3) is 5.43. The van der Waals surface area contributed by atoms with Crippen LogP contribution in [0, 0.1) is 11.6 Å². The number of alkyl halides is 3. The maximum atomic E-state index is 14.4. The molecule has 0 amide bonds. The fourth-order valence-electron chi connectivity index (χ4n) is 4.60. The Bertz CT molecular complexity index is 1230. The summed E-state index contributed by atoms with van der Waals surface area (Å²) in [5.41, 5.74) is 1.54. The third-order valence-corrected chi connectivity index (χ3v) is 6.52. The predicted molar refractivity (Wildman–Crippen MR) is 124 cm³/mol. The van der Waals surface area contributed by atoms with Crippen LogP contribution in [-0.4, -0.2) is 34.5 Å². The zero-order valence-electron chi connectivity index (χ0n) is 19.5. The van der Waals surface area contributed by atoms with Crippen molar-refractivity contribution in [1.82, 2.24) is 14.9 Å². The van der Waals surface area contributed by atoms with Crippen LogP contribution in [0.3, 0.4) is 0 Å². The second kappa shape index (κ2) is 10.0. The zero-order valence-corrected chi connectivity index (χ0v) is 19.5. The normalized spacial score (nSPS) is 16.6. The molecule has 190 valence electrons. The number of aromatic nitrogens is 2. The molecule has 1 fully saturated rings. The summed E-state index contributed by atoms with van der Waals surface area (Å²) in [5, 5.41) is 0. The standard InChI is InChI=1S/C26H25F5N4O/c27-19-8-9-23(21(28)14-19)36-24-20-16-34(15-17-4-6-18(7-5-17)26(29,30)31)13-10-22(20)32-25(33-24)35-11-2-1-3-12-35/h4-9,14H,1-3,10-13,15-16H2. The Labute approximate surface area is 205 Å². The Morgan fingerprint density at radius 3 is 2.33 bits per heavy atom. The first-order chi connectivity index (χ1) is 17.3. The first kappa shape index (κ1) is 24.4. The molecule has 0 bridgehead atoms. The van der Waals surface area contributed by atoms with Gasteiger partial charge < -0.3 is 9.64 Å². The summed E-state index contributed by atoms with van der Waals surface area (Å²) >= 11 is 0. The molecule has 3 aromatic rings. The average Bonchev–Trinajstić information content (AvgIpc) is 2.86. The molecule has 2 aromatic carbocycles. The van der Waals surface area contributed by atoms with E-state index in [-0.39, 0.29) is 11.6 Å². The number of fused-ring (bicyclic) bond motifs is 1. The molecule has 0 radical (unpaired) electrons. The van der Waals surface area contributed by atoms with Gasteiger partial charge in [0.25, 0.3) is 0 Å². The summed E-state index contributed by atoms with van der Waals surface area (Å²) in [4.78, 5) is 13.6. The van der Waals surface area contributed by atoms with Gasteiger partial charge in [-0.2, -0.15) is 18.2 Å². The number of ether oxygens (including phenoxy) is 1. The molecule has 0 spiro atoms. The Kier molecular flexibility index (Phi) is 6.79. The molecule has 10 heteroatoms. The van der Waals surface area contributed by atoms with Crippen molar-refractivity contribution in [1.29, 1.82) is 0 Å². The first-order valence-electron chi connectivity index (χ1n) is 11.9. The minimum atomic E-state index is -4.38. The number of hydrogen-bond donors (Lipinski definition) is 0. The summed E-state index contributed by atoms with van der Waals surface area (Å²) < 4.78 is 72.4. The molecule has 36 heavy (non-hydrogen) atoms. The highest BCUT2D eigenvalue weighted by Gasteiger charge is 2.30. The van der Waals surface area contributed by atoms with Crippen molar-refractivity contribution >= 4 is 5.95 Å². The van der Waals surface area contributed by atoms with E-state index in [1.807, 2.05) is 0 Å². The van der Waals surface area contributed by atoms with Crippen LogP contribution < -0.4 is 9.64 Å². The number of benzene rings is 2. The van der Waals surface area contributed by atoms with Crippen LogP contribution in [0.1, 0.15) is 41.6 Å². The maximum absolute atomic E-state index is 14.4. The summed E-state index contributed by atoms with van der Waals surface area (Å²) in [6.07, 6.45) is -0.589. The highest BCUT2D eigenvalue weighted by molar-refractivity contribution is 5.44. The van der Waals surface area contributed by atoms with Crippen LogP contribution in [0.5, 0.6) is 11.6 Å². The molecule has 5 rings (SSSR count). The Hall–Kier alpha value is -3.27. The zero-order chi connectivity index (χ0) is 25.3. The van der Waals surface area contributed by atoms with Crippen molar-refractivity contribution in [2.24, 2.45) is 0 Å². The van der Waals surface area contributed by atoms with Gasteiger partial charge in [0.1, 0.15) is 5.82 Å². The highest BCUT2D eigenvalue weighted by Crippen LogP contribution is 2.34. The van der Waals surface area contributed by atoms with E-state index in [1.165, 1.54) is 18.2 Å². The van der Waals surface area contributed by atoms with Gasteiger partial charge >= 0.3 is 6.18 Å². The van der Waals surface area contributed by atoms with Crippen molar-refractivity contribution in [3.8, 4) is 11.6 Å². The molecule has 2 aliphatic rings. The molecule has 0 atom stereocenters. The number of rotatable bonds is 5. The van der Waals surface area contributed by atoms with Crippen LogP contribution in [0.15, 0.2) is 42.5 Å². The van der Waals surface area contributed by atoms with E-state index in [1.54, 1.807) is 0 Å². The van der Waals surface area contributed by atoms with Gasteiger partial charge in [0.2, 0.25) is 11.8 Å². The van der Waals surface area contributed by atoms with Gasteiger partial charge in [0, 0.05) is 45.2 Å². The molecule has 5 nitrogen and oxygen atoms in total. The number of halogens is 5. The lowest BCUT2D eigenvalue weighted by Gasteiger charge is -2.32. The quantitative estimate of drug-likeness (QED) is 0.392. The number of anilines is 1. The summed E-state index contributed by atoms with van der Waals surface area (Å²) in [5.74, 6) is -0.937. The predicted octanol–water partition coefficient (Wildman–Crippen LogP) is 6.11. The summed E-state index contributed by atoms with van der Waals surface area (Å²) in [7, 11) is 0. The minimum Gasteiger partial charge on any atom is -0.435 e. The summed E-state index contributed by atoms with van der Waals surface area (Å²) in [6, 6.07) is 8.20. The largest absolute Gasteiger partial charge is 0.435 e. The van der Waals surface area contributed by atoms with E-state index >= 15 is 0 Å². The van der Waals surface area contributed by atoms with Gasteiger partial charge in [-0.25, -0.2) is 13.8 Å². The van der Waals surface area contributed by atoms with Crippen molar-refractivity contribution in [2.45, 2.75) is 44.9 Å². The summed E-state index contributed by atoms with van der Waals surface area (Å²) in [6.45, 7) is 3.10. The van der Waals surface area contributed by atoms with Crippen LogP contribution in [0.25, 0.3) is 0 Å². The van der Waals surface area contributed by atoms with Gasteiger partial charge in [0.15, 0.2) is 11.6 Å². The lowest BCUT2D eigenvalue weighted by atomic mass is 10.0. The second-order valence-electron chi connectivity index (χ2n) is 9.13. The molecule has 0 unspecified atom stereocenters. The van der Waals surface area contributed by atoms with E-state index in [2.05, 4.69) is 14.8 Å². The van der Waals surface area contributed by atoms with Crippen molar-refractivity contribution in [3.05, 3.63) is 76.5 Å².